The van der Waals surface area contributed by atoms with E-state index in [4.69, 9.17) is 0 Å². The van der Waals surface area contributed by atoms with Gasteiger partial charge in [0.15, 0.2) is 5.76 Å². The van der Waals surface area contributed by atoms with Gasteiger partial charge < -0.3 is 10.2 Å². The predicted molar refractivity (Wildman–Crippen MR) is 126 cm³/mol. The van der Waals surface area contributed by atoms with Crippen LogP contribution in [-0.4, -0.2) is 21.6 Å². The minimum atomic E-state index is -0.896. The molecule has 0 aromatic carbocycles. The summed E-state index contributed by atoms with van der Waals surface area (Å²) in [6, 6.07) is 0. The topological polar surface area (TPSA) is 57.5 Å². The van der Waals surface area contributed by atoms with Crippen LogP contribution >= 0.6 is 0 Å². The Morgan fingerprint density at radius 1 is 1.06 bits per heavy atom. The highest BCUT2D eigenvalue weighted by Gasteiger charge is 2.62. The number of carbonyl (C=O) groups excluding carboxylic acids is 1. The fourth-order valence-electron chi connectivity index (χ4n) is 6.61. The summed E-state index contributed by atoms with van der Waals surface area (Å²) in [5, 5.41) is 22.4. The monoisotopic (exact) mass is 420 g/mol. The third-order valence-electron chi connectivity index (χ3n) is 8.56. The Bertz CT molecular complexity index is 1030. The zero-order valence-electron chi connectivity index (χ0n) is 19.8. The highest BCUT2D eigenvalue weighted by atomic mass is 16.3. The summed E-state index contributed by atoms with van der Waals surface area (Å²) >= 11 is 0. The lowest BCUT2D eigenvalue weighted by Crippen LogP contribution is -2.60. The lowest BCUT2D eigenvalue weighted by molar-refractivity contribution is -0.135. The Morgan fingerprint density at radius 3 is 2.45 bits per heavy atom. The van der Waals surface area contributed by atoms with E-state index in [2.05, 4.69) is 58.9 Å². The predicted octanol–water partition coefficient (Wildman–Crippen LogP) is 6.44. The third-order valence-corrected chi connectivity index (χ3v) is 8.56. The van der Waals surface area contributed by atoms with Gasteiger partial charge in [-0.05, 0) is 81.1 Å². The molecular formula is C28H36O3. The maximum atomic E-state index is 12.4. The van der Waals surface area contributed by atoms with E-state index in [1.165, 1.54) is 5.57 Å². The van der Waals surface area contributed by atoms with Crippen molar-refractivity contribution in [2.24, 2.45) is 16.2 Å². The number of aliphatic hydroxyl groups is 2. The van der Waals surface area contributed by atoms with Crippen molar-refractivity contribution in [3.8, 4) is 0 Å². The van der Waals surface area contributed by atoms with Crippen molar-refractivity contribution in [1.82, 2.24) is 0 Å². The summed E-state index contributed by atoms with van der Waals surface area (Å²) in [6.07, 6.45) is 16.7. The molecule has 0 radical (unpaired) electrons. The lowest BCUT2D eigenvalue weighted by atomic mass is 9.44. The van der Waals surface area contributed by atoms with Gasteiger partial charge in [-0.1, -0.05) is 56.7 Å². The van der Waals surface area contributed by atoms with Crippen molar-refractivity contribution < 1.29 is 15.0 Å². The zero-order chi connectivity index (χ0) is 22.8. The van der Waals surface area contributed by atoms with Crippen molar-refractivity contribution in [2.75, 3.05) is 0 Å². The van der Waals surface area contributed by atoms with Crippen molar-refractivity contribution in [1.29, 1.82) is 0 Å². The van der Waals surface area contributed by atoms with E-state index in [1.54, 1.807) is 13.0 Å². The summed E-state index contributed by atoms with van der Waals surface area (Å²) in [6.45, 7) is 12.7. The molecule has 0 amide bonds. The lowest BCUT2D eigenvalue weighted by Gasteiger charge is -2.62. The molecule has 0 spiro atoms. The molecule has 3 heteroatoms. The first kappa shape index (κ1) is 22.1. The van der Waals surface area contributed by atoms with Crippen LogP contribution in [0, 0.1) is 16.2 Å². The van der Waals surface area contributed by atoms with Crippen LogP contribution < -0.4 is 0 Å². The van der Waals surface area contributed by atoms with Crippen LogP contribution in [0.4, 0.5) is 0 Å². The summed E-state index contributed by atoms with van der Waals surface area (Å²) in [5.41, 5.74) is 3.40. The molecule has 0 aromatic heterocycles. The van der Waals surface area contributed by atoms with E-state index < -0.39 is 5.60 Å². The van der Waals surface area contributed by atoms with Gasteiger partial charge in [0, 0.05) is 16.4 Å². The van der Waals surface area contributed by atoms with Crippen LogP contribution in [0.1, 0.15) is 73.6 Å². The highest BCUT2D eigenvalue weighted by molar-refractivity contribution is 6.06. The first-order valence-electron chi connectivity index (χ1n) is 11.5. The van der Waals surface area contributed by atoms with Gasteiger partial charge in [-0.15, -0.1) is 0 Å². The molecule has 2 N–H and O–H groups in total. The molecule has 0 heterocycles. The number of allylic oxidation sites excluding steroid dienone is 10. The molecule has 2 saturated carbocycles. The summed E-state index contributed by atoms with van der Waals surface area (Å²) < 4.78 is 0. The van der Waals surface area contributed by atoms with E-state index in [0.29, 0.717) is 12.0 Å². The molecule has 166 valence electrons. The van der Waals surface area contributed by atoms with Gasteiger partial charge >= 0.3 is 0 Å². The molecule has 0 aromatic rings. The minimum absolute atomic E-state index is 0.0576. The molecule has 2 fully saturated rings. The average Bonchev–Trinajstić information content (AvgIpc) is 2.68. The van der Waals surface area contributed by atoms with Gasteiger partial charge in [0.25, 0.3) is 0 Å². The summed E-state index contributed by atoms with van der Waals surface area (Å²) in [5.74, 6) is -0.487. The van der Waals surface area contributed by atoms with Gasteiger partial charge in [-0.3, -0.25) is 4.79 Å². The van der Waals surface area contributed by atoms with E-state index in [0.717, 1.165) is 42.4 Å². The quantitative estimate of drug-likeness (QED) is 0.505. The van der Waals surface area contributed by atoms with Crippen molar-refractivity contribution in [3.63, 3.8) is 0 Å². The molecule has 4 aliphatic carbocycles. The number of fused-ring (bicyclic) bond motifs is 5. The molecule has 0 saturated heterocycles. The van der Waals surface area contributed by atoms with E-state index >= 15 is 0 Å². The molecule has 4 aliphatic rings. The maximum Gasteiger partial charge on any atom is 0.220 e. The van der Waals surface area contributed by atoms with Gasteiger partial charge in [-0.2, -0.15) is 0 Å². The Balaban J connectivity index is 1.76. The Morgan fingerprint density at radius 2 is 1.77 bits per heavy atom. The second kappa shape index (κ2) is 6.93. The molecule has 0 bridgehead atoms. The minimum Gasteiger partial charge on any atom is -0.504 e. The van der Waals surface area contributed by atoms with Crippen LogP contribution in [0.5, 0.6) is 0 Å². The van der Waals surface area contributed by atoms with Gasteiger partial charge in [-0.25, -0.2) is 0 Å². The first-order chi connectivity index (χ1) is 14.4. The van der Waals surface area contributed by atoms with E-state index in [1.807, 2.05) is 6.08 Å². The fraction of sp³-hybridized carbons (Fsp3) is 0.536. The van der Waals surface area contributed by atoms with Crippen LogP contribution in [0.15, 0.2) is 70.1 Å². The van der Waals surface area contributed by atoms with E-state index in [9.17, 15) is 15.0 Å². The van der Waals surface area contributed by atoms with Crippen LogP contribution in [0.25, 0.3) is 0 Å². The number of aliphatic hydroxyl groups excluding tert-OH is 1. The smallest absolute Gasteiger partial charge is 0.220 e. The Hall–Kier alpha value is -2.13. The Labute approximate surface area is 186 Å². The molecule has 4 rings (SSSR count). The molecule has 0 aliphatic heterocycles. The standard InChI is InChI=1S/C28H36O3/c1-18(2)8-7-11-25(4)12-15-28(31)23-10-9-20-19(3)24(30)22(29)16-21(20)27(23,6)14-13-26(28,5)17-25/h7-11,16,30-31H,12-15,17H2,1-6H3/b11-7+/t25-,26+,27+,28+/m1/s1. The summed E-state index contributed by atoms with van der Waals surface area (Å²) in [4.78, 5) is 12.4. The van der Waals surface area contributed by atoms with Crippen LogP contribution in [-0.2, 0) is 4.79 Å². The molecular weight excluding hydrogens is 384 g/mol. The molecule has 3 nitrogen and oxygen atoms in total. The maximum absolute atomic E-state index is 12.4. The number of carbonyl (C=O) groups is 1. The average molecular weight is 421 g/mol. The molecule has 4 atom stereocenters. The van der Waals surface area contributed by atoms with Crippen LogP contribution in [0.2, 0.25) is 0 Å². The third kappa shape index (κ3) is 3.16. The van der Waals surface area contributed by atoms with Crippen molar-refractivity contribution in [3.05, 3.63) is 70.1 Å². The highest BCUT2D eigenvalue weighted by Crippen LogP contribution is 2.67. The van der Waals surface area contributed by atoms with E-state index in [-0.39, 0.29) is 27.8 Å². The SMILES string of the molecule is CC(C)=C/C=C/[C@]1(C)CC[C@]2(O)C3=CC=C4C(=CC(=O)C(O)=C4C)[C@]3(C)CC[C@@]2(C)C1. The number of hydrogen-bond donors (Lipinski definition) is 2. The number of hydrogen-bond acceptors (Lipinski definition) is 3. The fourth-order valence-corrected chi connectivity index (χ4v) is 6.61. The first-order valence-corrected chi connectivity index (χ1v) is 11.5. The summed E-state index contributed by atoms with van der Waals surface area (Å²) in [7, 11) is 0. The Kier molecular flexibility index (Phi) is 4.94. The number of rotatable bonds is 2. The van der Waals surface area contributed by atoms with Gasteiger partial charge in [0.05, 0.1) is 5.60 Å². The second-order valence-corrected chi connectivity index (χ2v) is 11.2. The van der Waals surface area contributed by atoms with Gasteiger partial charge in [0.1, 0.15) is 0 Å². The largest absolute Gasteiger partial charge is 0.504 e. The molecule has 0 unspecified atom stereocenters. The molecule has 31 heavy (non-hydrogen) atoms. The van der Waals surface area contributed by atoms with Crippen molar-refractivity contribution in [2.45, 2.75) is 79.2 Å². The second-order valence-electron chi connectivity index (χ2n) is 11.2. The van der Waals surface area contributed by atoms with Gasteiger partial charge in [0.2, 0.25) is 5.78 Å². The number of ketones is 1. The van der Waals surface area contributed by atoms with Crippen LogP contribution in [0.3, 0.4) is 0 Å². The normalized spacial score (nSPS) is 39.8. The zero-order valence-corrected chi connectivity index (χ0v) is 19.8. The van der Waals surface area contributed by atoms with Crippen molar-refractivity contribution >= 4 is 5.78 Å².